The summed E-state index contributed by atoms with van der Waals surface area (Å²) >= 11 is 7.31. The predicted octanol–water partition coefficient (Wildman–Crippen LogP) is 5.07. The molecule has 0 aliphatic carbocycles. The molecule has 31 heavy (non-hydrogen) atoms. The molecular formula is C21H24ClN3O4S2. The van der Waals surface area contributed by atoms with Crippen LogP contribution < -0.4 is 20.5 Å². The summed E-state index contributed by atoms with van der Waals surface area (Å²) < 4.78 is 32.4. The lowest BCUT2D eigenvalue weighted by atomic mass is 9.86. The Balaban J connectivity index is 2.08. The maximum absolute atomic E-state index is 13.0. The number of benzene rings is 2. The number of anilines is 3. The maximum Gasteiger partial charge on any atom is 0.265 e. The maximum atomic E-state index is 13.0. The highest BCUT2D eigenvalue weighted by Gasteiger charge is 2.23. The van der Waals surface area contributed by atoms with Gasteiger partial charge in [0.15, 0.2) is 5.75 Å². The van der Waals surface area contributed by atoms with Crippen molar-refractivity contribution >= 4 is 66.0 Å². The molecule has 3 rings (SSSR count). The predicted molar refractivity (Wildman–Crippen MR) is 129 cm³/mol. The minimum Gasteiger partial charge on any atom is -0.492 e. The number of nitrogen functional groups attached to an aromatic ring is 1. The Morgan fingerprint density at radius 1 is 1.13 bits per heavy atom. The number of nitrogens with two attached hydrogens (primary N) is 1. The summed E-state index contributed by atoms with van der Waals surface area (Å²) in [4.78, 5) is 13.5. The van der Waals surface area contributed by atoms with Crippen molar-refractivity contribution in [2.45, 2.75) is 26.2 Å². The third-order valence-corrected chi connectivity index (χ3v) is 6.54. The second-order valence-electron chi connectivity index (χ2n) is 8.21. The van der Waals surface area contributed by atoms with E-state index in [1.807, 2.05) is 20.8 Å². The van der Waals surface area contributed by atoms with Gasteiger partial charge in [0.2, 0.25) is 10.0 Å². The number of carbonyl (C=O) groups is 1. The molecule has 0 aliphatic heterocycles. The molecule has 0 fully saturated rings. The smallest absolute Gasteiger partial charge is 0.265 e. The number of carbonyl (C=O) groups excluding carboxylic acids is 1. The number of rotatable bonds is 5. The van der Waals surface area contributed by atoms with Gasteiger partial charge in [-0.05, 0) is 46.7 Å². The fourth-order valence-electron chi connectivity index (χ4n) is 3.09. The molecule has 0 aliphatic rings. The third kappa shape index (κ3) is 5.23. The average Bonchev–Trinajstić information content (AvgIpc) is 3.04. The van der Waals surface area contributed by atoms with Gasteiger partial charge in [-0.3, -0.25) is 9.52 Å². The Hall–Kier alpha value is -2.49. The van der Waals surface area contributed by atoms with Crippen LogP contribution in [0.15, 0.2) is 30.3 Å². The van der Waals surface area contributed by atoms with Crippen molar-refractivity contribution in [2.75, 3.05) is 29.1 Å². The molecule has 1 amide bonds. The minimum atomic E-state index is -3.56. The van der Waals surface area contributed by atoms with E-state index in [9.17, 15) is 13.2 Å². The van der Waals surface area contributed by atoms with Crippen molar-refractivity contribution < 1.29 is 17.9 Å². The van der Waals surface area contributed by atoms with Crippen LogP contribution in [0.4, 0.5) is 17.1 Å². The molecule has 0 radical (unpaired) electrons. The van der Waals surface area contributed by atoms with E-state index in [-0.39, 0.29) is 22.8 Å². The highest BCUT2D eigenvalue weighted by molar-refractivity contribution is 7.92. The van der Waals surface area contributed by atoms with Crippen LogP contribution >= 0.6 is 22.9 Å². The molecule has 0 bridgehead atoms. The van der Waals surface area contributed by atoms with Crippen molar-refractivity contribution in [3.05, 3.63) is 45.8 Å². The van der Waals surface area contributed by atoms with E-state index in [1.165, 1.54) is 18.4 Å². The van der Waals surface area contributed by atoms with Crippen LogP contribution in [0.25, 0.3) is 10.1 Å². The first-order chi connectivity index (χ1) is 14.3. The van der Waals surface area contributed by atoms with E-state index in [2.05, 4.69) is 10.0 Å². The standard InChI is InChI=1S/C21H24ClN3O4S2/c1-21(2,3)12-8-15(18(29-4)16(9-12)25-31(5,27)28)24-20(26)17-7-11-6-13(22)10-14(23)19(11)30-17/h6-10,25H,23H2,1-5H3,(H,24,26). The molecule has 0 atom stereocenters. The molecule has 7 nitrogen and oxygen atoms in total. The van der Waals surface area contributed by atoms with Crippen LogP contribution in [-0.4, -0.2) is 27.7 Å². The number of amides is 1. The molecule has 0 saturated heterocycles. The molecule has 2 aromatic carbocycles. The van der Waals surface area contributed by atoms with Gasteiger partial charge >= 0.3 is 0 Å². The third-order valence-electron chi connectivity index (χ3n) is 4.54. The largest absolute Gasteiger partial charge is 0.492 e. The van der Waals surface area contributed by atoms with Crippen LogP contribution in [0.1, 0.15) is 36.0 Å². The van der Waals surface area contributed by atoms with E-state index < -0.39 is 10.0 Å². The van der Waals surface area contributed by atoms with Gasteiger partial charge in [-0.15, -0.1) is 11.3 Å². The molecule has 1 aromatic heterocycles. The van der Waals surface area contributed by atoms with Gasteiger partial charge in [-0.25, -0.2) is 8.42 Å². The molecular weight excluding hydrogens is 458 g/mol. The van der Waals surface area contributed by atoms with Crippen LogP contribution in [0.3, 0.4) is 0 Å². The van der Waals surface area contributed by atoms with Crippen LogP contribution in [0.2, 0.25) is 5.02 Å². The van der Waals surface area contributed by atoms with E-state index in [0.717, 1.165) is 21.9 Å². The Labute approximate surface area is 190 Å². The summed E-state index contributed by atoms with van der Waals surface area (Å²) in [5.74, 6) is -0.151. The van der Waals surface area contributed by atoms with Crippen molar-refractivity contribution in [1.29, 1.82) is 0 Å². The second-order valence-corrected chi connectivity index (χ2v) is 11.4. The average molecular weight is 482 g/mol. The number of methoxy groups -OCH3 is 1. The summed E-state index contributed by atoms with van der Waals surface area (Å²) in [7, 11) is -2.15. The van der Waals surface area contributed by atoms with E-state index >= 15 is 0 Å². The number of sulfonamides is 1. The lowest BCUT2D eigenvalue weighted by Crippen LogP contribution is -2.18. The van der Waals surface area contributed by atoms with Gasteiger partial charge in [0, 0.05) is 5.02 Å². The van der Waals surface area contributed by atoms with Gasteiger partial charge in [0.05, 0.1) is 40.0 Å². The first-order valence-corrected chi connectivity index (χ1v) is 12.4. The highest BCUT2D eigenvalue weighted by atomic mass is 35.5. The Morgan fingerprint density at radius 3 is 2.35 bits per heavy atom. The van der Waals surface area contributed by atoms with E-state index in [4.69, 9.17) is 22.1 Å². The number of hydrogen-bond donors (Lipinski definition) is 3. The van der Waals surface area contributed by atoms with Gasteiger partial charge < -0.3 is 15.8 Å². The van der Waals surface area contributed by atoms with Crippen molar-refractivity contribution in [3.8, 4) is 5.75 Å². The topological polar surface area (TPSA) is 111 Å². The molecule has 0 saturated carbocycles. The van der Waals surface area contributed by atoms with Crippen molar-refractivity contribution in [1.82, 2.24) is 0 Å². The van der Waals surface area contributed by atoms with Crippen molar-refractivity contribution in [2.24, 2.45) is 0 Å². The second kappa shape index (κ2) is 8.22. The summed E-state index contributed by atoms with van der Waals surface area (Å²) in [6.45, 7) is 5.97. The monoisotopic (exact) mass is 481 g/mol. The number of ether oxygens (including phenoxy) is 1. The minimum absolute atomic E-state index is 0.218. The van der Waals surface area contributed by atoms with Crippen molar-refractivity contribution in [3.63, 3.8) is 0 Å². The lowest BCUT2D eigenvalue weighted by molar-refractivity contribution is 0.103. The highest BCUT2D eigenvalue weighted by Crippen LogP contribution is 2.40. The number of hydrogen-bond acceptors (Lipinski definition) is 6. The summed E-state index contributed by atoms with van der Waals surface area (Å²) in [6.07, 6.45) is 1.06. The molecule has 3 aromatic rings. The van der Waals surface area contributed by atoms with Gasteiger partial charge in [-0.1, -0.05) is 32.4 Å². The quantitative estimate of drug-likeness (QED) is 0.441. The fraction of sp³-hybridized carbons (Fsp3) is 0.286. The molecule has 166 valence electrons. The zero-order valence-electron chi connectivity index (χ0n) is 17.8. The number of thiophene rings is 1. The Morgan fingerprint density at radius 2 is 1.77 bits per heavy atom. The Bertz CT molecular complexity index is 1280. The van der Waals surface area contributed by atoms with E-state index in [0.29, 0.717) is 21.3 Å². The summed E-state index contributed by atoms with van der Waals surface area (Å²) in [5.41, 5.74) is 7.65. The lowest BCUT2D eigenvalue weighted by Gasteiger charge is -2.23. The first kappa shape index (κ1) is 23.2. The van der Waals surface area contributed by atoms with Crippen LogP contribution in [0, 0.1) is 0 Å². The number of halogens is 1. The molecule has 0 unspecified atom stereocenters. The SMILES string of the molecule is COc1c(NC(=O)c2cc3cc(Cl)cc(N)c3s2)cc(C(C)(C)C)cc1NS(C)(=O)=O. The fourth-order valence-corrected chi connectivity index (χ4v) is 4.84. The molecule has 10 heteroatoms. The molecule has 4 N–H and O–H groups in total. The number of fused-ring (bicyclic) bond motifs is 1. The zero-order chi connectivity index (χ0) is 23.1. The Kier molecular flexibility index (Phi) is 6.14. The zero-order valence-corrected chi connectivity index (χ0v) is 20.2. The first-order valence-electron chi connectivity index (χ1n) is 9.28. The summed E-state index contributed by atoms with van der Waals surface area (Å²) in [5, 5.41) is 4.11. The molecule has 0 spiro atoms. The van der Waals surface area contributed by atoms with Gasteiger partial charge in [0.25, 0.3) is 5.91 Å². The van der Waals surface area contributed by atoms with Gasteiger partial charge in [0.1, 0.15) is 0 Å². The van der Waals surface area contributed by atoms with Crippen LogP contribution in [-0.2, 0) is 15.4 Å². The van der Waals surface area contributed by atoms with Crippen LogP contribution in [0.5, 0.6) is 5.75 Å². The number of nitrogens with one attached hydrogen (secondary N) is 2. The van der Waals surface area contributed by atoms with Gasteiger partial charge in [-0.2, -0.15) is 0 Å². The molecule has 1 heterocycles. The normalized spacial score (nSPS) is 12.1. The van der Waals surface area contributed by atoms with E-state index in [1.54, 1.807) is 30.3 Å². The summed E-state index contributed by atoms with van der Waals surface area (Å²) in [6, 6.07) is 8.59.